The Bertz CT molecular complexity index is 1030. The van der Waals surface area contributed by atoms with Gasteiger partial charge >= 0.3 is 0 Å². The van der Waals surface area contributed by atoms with Gasteiger partial charge in [0.05, 0.1) is 6.10 Å². The fourth-order valence-electron chi connectivity index (χ4n) is 4.33. The number of fused-ring (bicyclic) bond motifs is 2. The Hall–Kier alpha value is -2.12. The molecular weight excluding hydrogens is 256 g/mol. The molecule has 1 aliphatic carbocycles. The molecule has 6 rings (SSSR count). The van der Waals surface area contributed by atoms with Crippen molar-refractivity contribution in [3.63, 3.8) is 0 Å². The number of aryl methyl sites for hydroxylation is 1. The Labute approximate surface area is 122 Å². The SMILES string of the molecule is c1cc2ccc3ccc4c5c(cc(c1)c2c35)CCC1OC41. The summed E-state index contributed by atoms with van der Waals surface area (Å²) in [4.78, 5) is 0. The standard InChI is InChI=1S/C20H14O/c1-2-11-4-5-12-6-8-15-18-14(7-9-16-20(15)21-16)10-13(3-1)17(11)19(12)18/h1-6,8,10,16,20H,7,9H2. The topological polar surface area (TPSA) is 12.5 Å². The fraction of sp³-hybridized carbons (Fsp3) is 0.200. The molecule has 1 heteroatoms. The molecule has 100 valence electrons. The second-order valence-electron chi connectivity index (χ2n) is 6.44. The zero-order valence-corrected chi connectivity index (χ0v) is 11.6. The predicted octanol–water partition coefficient (Wildman–Crippen LogP) is 4.97. The molecule has 2 unspecified atom stereocenters. The first-order valence-corrected chi connectivity index (χ1v) is 7.75. The van der Waals surface area contributed by atoms with E-state index in [0.29, 0.717) is 12.2 Å². The van der Waals surface area contributed by atoms with Crippen LogP contribution in [0, 0.1) is 0 Å². The number of benzene rings is 4. The van der Waals surface area contributed by atoms with Gasteiger partial charge in [-0.15, -0.1) is 0 Å². The molecule has 1 heterocycles. The van der Waals surface area contributed by atoms with E-state index in [1.807, 2.05) is 0 Å². The van der Waals surface area contributed by atoms with Crippen molar-refractivity contribution in [3.05, 3.63) is 59.7 Å². The third-order valence-electron chi connectivity index (χ3n) is 5.33. The number of ether oxygens (including phenoxy) is 1. The first kappa shape index (κ1) is 10.6. The van der Waals surface area contributed by atoms with E-state index in [4.69, 9.17) is 4.74 Å². The van der Waals surface area contributed by atoms with Crippen molar-refractivity contribution in [3.8, 4) is 0 Å². The summed E-state index contributed by atoms with van der Waals surface area (Å²) < 4.78 is 5.89. The molecule has 1 saturated heterocycles. The summed E-state index contributed by atoms with van der Waals surface area (Å²) in [6, 6.07) is 18.2. The highest BCUT2D eigenvalue weighted by atomic mass is 16.6. The summed E-state index contributed by atoms with van der Waals surface area (Å²) in [7, 11) is 0. The maximum absolute atomic E-state index is 5.89. The monoisotopic (exact) mass is 270 g/mol. The molecule has 0 aromatic heterocycles. The van der Waals surface area contributed by atoms with Crippen molar-refractivity contribution in [2.75, 3.05) is 0 Å². The van der Waals surface area contributed by atoms with Crippen LogP contribution in [0.1, 0.15) is 23.7 Å². The number of hydrogen-bond acceptors (Lipinski definition) is 1. The third-order valence-corrected chi connectivity index (χ3v) is 5.33. The summed E-state index contributed by atoms with van der Waals surface area (Å²) in [5, 5.41) is 8.44. The van der Waals surface area contributed by atoms with E-state index in [1.54, 1.807) is 0 Å². The average molecular weight is 270 g/mol. The van der Waals surface area contributed by atoms with E-state index in [-0.39, 0.29) is 0 Å². The molecule has 0 N–H and O–H groups in total. The molecule has 1 aliphatic heterocycles. The quantitative estimate of drug-likeness (QED) is 0.324. The first-order chi connectivity index (χ1) is 10.4. The summed E-state index contributed by atoms with van der Waals surface area (Å²) in [5.41, 5.74) is 2.93. The number of epoxide rings is 1. The lowest BCUT2D eigenvalue weighted by atomic mass is 9.88. The fourth-order valence-corrected chi connectivity index (χ4v) is 4.33. The normalized spacial score (nSPS) is 23.6. The van der Waals surface area contributed by atoms with Crippen LogP contribution in [0.2, 0.25) is 0 Å². The molecule has 0 radical (unpaired) electrons. The second kappa shape index (κ2) is 3.37. The Morgan fingerprint density at radius 3 is 2.57 bits per heavy atom. The van der Waals surface area contributed by atoms with Gasteiger partial charge in [-0.2, -0.15) is 0 Å². The van der Waals surface area contributed by atoms with Gasteiger partial charge in [-0.1, -0.05) is 48.5 Å². The molecule has 21 heavy (non-hydrogen) atoms. The molecule has 2 atom stereocenters. The first-order valence-electron chi connectivity index (χ1n) is 7.75. The molecule has 1 fully saturated rings. The highest BCUT2D eigenvalue weighted by molar-refractivity contribution is 6.24. The lowest BCUT2D eigenvalue weighted by Gasteiger charge is -2.16. The average Bonchev–Trinajstić information content (AvgIpc) is 3.30. The van der Waals surface area contributed by atoms with Gasteiger partial charge in [-0.3, -0.25) is 0 Å². The van der Waals surface area contributed by atoms with Crippen LogP contribution in [0.4, 0.5) is 0 Å². The van der Waals surface area contributed by atoms with E-state index in [2.05, 4.69) is 48.5 Å². The van der Waals surface area contributed by atoms with Crippen LogP contribution in [0.3, 0.4) is 0 Å². The van der Waals surface area contributed by atoms with Gasteiger partial charge in [-0.05, 0) is 56.3 Å². The van der Waals surface area contributed by atoms with Crippen LogP contribution < -0.4 is 0 Å². The van der Waals surface area contributed by atoms with Gasteiger partial charge in [-0.25, -0.2) is 0 Å². The predicted molar refractivity (Wildman–Crippen MR) is 86.1 cm³/mol. The van der Waals surface area contributed by atoms with Gasteiger partial charge in [0, 0.05) is 0 Å². The van der Waals surface area contributed by atoms with Crippen molar-refractivity contribution in [1.82, 2.24) is 0 Å². The summed E-state index contributed by atoms with van der Waals surface area (Å²) in [6.07, 6.45) is 3.09. The highest BCUT2D eigenvalue weighted by Crippen LogP contribution is 2.50. The lowest BCUT2D eigenvalue weighted by molar-refractivity contribution is 0.365. The van der Waals surface area contributed by atoms with Gasteiger partial charge in [0.25, 0.3) is 0 Å². The Kier molecular flexibility index (Phi) is 1.70. The van der Waals surface area contributed by atoms with Crippen molar-refractivity contribution in [2.24, 2.45) is 0 Å². The molecule has 2 aliphatic rings. The van der Waals surface area contributed by atoms with Crippen LogP contribution in [0.15, 0.2) is 48.5 Å². The molecule has 4 aromatic rings. The van der Waals surface area contributed by atoms with E-state index in [9.17, 15) is 0 Å². The van der Waals surface area contributed by atoms with Crippen molar-refractivity contribution >= 4 is 32.3 Å². The Balaban J connectivity index is 1.96. The van der Waals surface area contributed by atoms with Gasteiger partial charge in [0.15, 0.2) is 0 Å². The molecule has 4 aromatic carbocycles. The molecule has 1 nitrogen and oxygen atoms in total. The third kappa shape index (κ3) is 1.22. The summed E-state index contributed by atoms with van der Waals surface area (Å²) in [6.45, 7) is 0. The molecule has 0 spiro atoms. The van der Waals surface area contributed by atoms with Crippen LogP contribution >= 0.6 is 0 Å². The molecular formula is C20H14O. The maximum atomic E-state index is 5.89. The highest BCUT2D eigenvalue weighted by Gasteiger charge is 2.42. The van der Waals surface area contributed by atoms with Crippen LogP contribution in [-0.2, 0) is 11.2 Å². The van der Waals surface area contributed by atoms with Crippen molar-refractivity contribution < 1.29 is 4.74 Å². The Morgan fingerprint density at radius 2 is 1.62 bits per heavy atom. The second-order valence-corrected chi connectivity index (χ2v) is 6.44. The summed E-state index contributed by atoms with van der Waals surface area (Å²) in [5.74, 6) is 0. The van der Waals surface area contributed by atoms with Gasteiger partial charge < -0.3 is 4.74 Å². The van der Waals surface area contributed by atoms with E-state index in [1.165, 1.54) is 43.4 Å². The minimum atomic E-state index is 0.343. The summed E-state index contributed by atoms with van der Waals surface area (Å²) >= 11 is 0. The zero-order valence-electron chi connectivity index (χ0n) is 11.6. The maximum Gasteiger partial charge on any atom is 0.110 e. The minimum Gasteiger partial charge on any atom is -0.364 e. The van der Waals surface area contributed by atoms with Gasteiger partial charge in [0.2, 0.25) is 0 Å². The van der Waals surface area contributed by atoms with Gasteiger partial charge in [0.1, 0.15) is 6.10 Å². The van der Waals surface area contributed by atoms with E-state index >= 15 is 0 Å². The largest absolute Gasteiger partial charge is 0.364 e. The van der Waals surface area contributed by atoms with Crippen LogP contribution in [0.5, 0.6) is 0 Å². The lowest BCUT2D eigenvalue weighted by Crippen LogP contribution is -1.93. The number of hydrogen-bond donors (Lipinski definition) is 0. The molecule has 0 bridgehead atoms. The van der Waals surface area contributed by atoms with E-state index < -0.39 is 0 Å². The minimum absolute atomic E-state index is 0.343. The molecule has 0 saturated carbocycles. The zero-order chi connectivity index (χ0) is 13.6. The van der Waals surface area contributed by atoms with Crippen LogP contribution in [0.25, 0.3) is 32.3 Å². The van der Waals surface area contributed by atoms with Crippen LogP contribution in [-0.4, -0.2) is 6.10 Å². The van der Waals surface area contributed by atoms with Crippen molar-refractivity contribution in [2.45, 2.75) is 25.0 Å². The Morgan fingerprint density at radius 1 is 0.810 bits per heavy atom. The smallest absolute Gasteiger partial charge is 0.110 e. The molecule has 0 amide bonds. The van der Waals surface area contributed by atoms with E-state index in [0.717, 1.165) is 12.8 Å². The van der Waals surface area contributed by atoms with Crippen molar-refractivity contribution in [1.29, 1.82) is 0 Å². The number of rotatable bonds is 0.